The standard InChI is InChI=1S/C11H22N2O2.ClH/c1-8(9(2)12)11(14)13-7-10-3-5-15-6-4-10;/h8-10H,3-7,12H2,1-2H3,(H,13,14);1H. The fourth-order valence-corrected chi connectivity index (χ4v) is 1.60. The number of hydrogen-bond donors (Lipinski definition) is 2. The fourth-order valence-electron chi connectivity index (χ4n) is 1.60. The molecule has 16 heavy (non-hydrogen) atoms. The molecular weight excluding hydrogens is 228 g/mol. The van der Waals surface area contributed by atoms with Crippen LogP contribution in [0.1, 0.15) is 26.7 Å². The van der Waals surface area contributed by atoms with Crippen molar-refractivity contribution in [1.29, 1.82) is 0 Å². The minimum Gasteiger partial charge on any atom is -0.381 e. The number of carbonyl (C=O) groups excluding carboxylic acids is 1. The molecule has 0 aromatic carbocycles. The minimum absolute atomic E-state index is 0. The maximum atomic E-state index is 11.6. The van der Waals surface area contributed by atoms with Gasteiger partial charge >= 0.3 is 0 Å². The third-order valence-electron chi connectivity index (χ3n) is 3.11. The summed E-state index contributed by atoms with van der Waals surface area (Å²) in [5, 5.41) is 2.96. The predicted octanol–water partition coefficient (Wildman–Crippen LogP) is 0.934. The fraction of sp³-hybridized carbons (Fsp3) is 0.909. The molecule has 5 heteroatoms. The van der Waals surface area contributed by atoms with E-state index >= 15 is 0 Å². The number of amides is 1. The van der Waals surface area contributed by atoms with Crippen LogP contribution in [-0.4, -0.2) is 31.7 Å². The molecule has 2 unspecified atom stereocenters. The normalized spacial score (nSPS) is 20.7. The molecule has 0 aliphatic carbocycles. The Morgan fingerprint density at radius 2 is 2.00 bits per heavy atom. The summed E-state index contributed by atoms with van der Waals surface area (Å²) in [7, 11) is 0. The molecular formula is C11H23ClN2O2. The largest absolute Gasteiger partial charge is 0.381 e. The summed E-state index contributed by atoms with van der Waals surface area (Å²) in [6.45, 7) is 6.13. The van der Waals surface area contributed by atoms with Crippen LogP contribution in [0, 0.1) is 11.8 Å². The Hall–Kier alpha value is -0.320. The molecule has 1 amide bonds. The zero-order chi connectivity index (χ0) is 11.3. The van der Waals surface area contributed by atoms with Crippen molar-refractivity contribution in [3.63, 3.8) is 0 Å². The van der Waals surface area contributed by atoms with Gasteiger partial charge < -0.3 is 15.8 Å². The molecule has 3 N–H and O–H groups in total. The third-order valence-corrected chi connectivity index (χ3v) is 3.11. The van der Waals surface area contributed by atoms with Crippen LogP contribution in [0.3, 0.4) is 0 Å². The van der Waals surface area contributed by atoms with Crippen molar-refractivity contribution in [2.75, 3.05) is 19.8 Å². The van der Waals surface area contributed by atoms with Gasteiger partial charge in [-0.25, -0.2) is 0 Å². The van der Waals surface area contributed by atoms with Crippen LogP contribution in [0.2, 0.25) is 0 Å². The lowest BCUT2D eigenvalue weighted by Crippen LogP contribution is -2.41. The molecule has 1 rings (SSSR count). The van der Waals surface area contributed by atoms with Gasteiger partial charge in [0.2, 0.25) is 5.91 Å². The zero-order valence-electron chi connectivity index (χ0n) is 10.1. The van der Waals surface area contributed by atoms with E-state index in [0.717, 1.165) is 32.6 Å². The minimum atomic E-state index is -0.107. The van der Waals surface area contributed by atoms with Gasteiger partial charge in [-0.2, -0.15) is 0 Å². The van der Waals surface area contributed by atoms with Gasteiger partial charge in [0.15, 0.2) is 0 Å². The first-order valence-corrected chi connectivity index (χ1v) is 5.72. The molecule has 0 saturated carbocycles. The van der Waals surface area contributed by atoms with E-state index in [-0.39, 0.29) is 30.3 Å². The van der Waals surface area contributed by atoms with Crippen LogP contribution >= 0.6 is 12.4 Å². The Balaban J connectivity index is 0.00000225. The Bertz CT molecular complexity index is 206. The first-order chi connectivity index (χ1) is 7.11. The van der Waals surface area contributed by atoms with Crippen molar-refractivity contribution in [2.24, 2.45) is 17.6 Å². The van der Waals surface area contributed by atoms with Crippen LogP contribution in [0.15, 0.2) is 0 Å². The van der Waals surface area contributed by atoms with Crippen LogP contribution in [0.5, 0.6) is 0 Å². The van der Waals surface area contributed by atoms with E-state index < -0.39 is 0 Å². The highest BCUT2D eigenvalue weighted by atomic mass is 35.5. The van der Waals surface area contributed by atoms with Crippen molar-refractivity contribution in [3.05, 3.63) is 0 Å². The van der Waals surface area contributed by atoms with Crippen molar-refractivity contribution in [3.8, 4) is 0 Å². The second kappa shape index (κ2) is 7.87. The Kier molecular flexibility index (Phi) is 7.72. The number of hydrogen-bond acceptors (Lipinski definition) is 3. The van der Waals surface area contributed by atoms with Gasteiger partial charge in [-0.1, -0.05) is 6.92 Å². The molecule has 1 aliphatic heterocycles. The van der Waals surface area contributed by atoms with Gasteiger partial charge in [0.1, 0.15) is 0 Å². The van der Waals surface area contributed by atoms with E-state index in [1.807, 2.05) is 13.8 Å². The molecule has 2 atom stereocenters. The monoisotopic (exact) mass is 250 g/mol. The van der Waals surface area contributed by atoms with Crippen LogP contribution < -0.4 is 11.1 Å². The maximum absolute atomic E-state index is 11.6. The van der Waals surface area contributed by atoms with Gasteiger partial charge in [0.05, 0.1) is 0 Å². The van der Waals surface area contributed by atoms with E-state index in [0.29, 0.717) is 5.92 Å². The molecule has 4 nitrogen and oxygen atoms in total. The summed E-state index contributed by atoms with van der Waals surface area (Å²) in [5.41, 5.74) is 5.66. The number of rotatable bonds is 4. The number of nitrogens with two attached hydrogens (primary N) is 1. The highest BCUT2D eigenvalue weighted by Gasteiger charge is 2.19. The van der Waals surface area contributed by atoms with E-state index in [1.165, 1.54) is 0 Å². The predicted molar refractivity (Wildman–Crippen MR) is 66.6 cm³/mol. The van der Waals surface area contributed by atoms with E-state index in [9.17, 15) is 4.79 Å². The summed E-state index contributed by atoms with van der Waals surface area (Å²) in [5.74, 6) is 0.532. The Labute approximate surface area is 104 Å². The number of carbonyl (C=O) groups is 1. The molecule has 1 saturated heterocycles. The molecule has 0 bridgehead atoms. The topological polar surface area (TPSA) is 64.4 Å². The van der Waals surface area contributed by atoms with Crippen LogP contribution in [0.25, 0.3) is 0 Å². The molecule has 0 aromatic heterocycles. The van der Waals surface area contributed by atoms with Crippen molar-refractivity contribution >= 4 is 18.3 Å². The van der Waals surface area contributed by atoms with Gasteiger partial charge in [-0.05, 0) is 25.7 Å². The van der Waals surface area contributed by atoms with Crippen molar-refractivity contribution in [2.45, 2.75) is 32.7 Å². The van der Waals surface area contributed by atoms with Crippen molar-refractivity contribution in [1.82, 2.24) is 5.32 Å². The number of nitrogens with one attached hydrogen (secondary N) is 1. The molecule has 1 fully saturated rings. The Morgan fingerprint density at radius 1 is 1.44 bits per heavy atom. The smallest absolute Gasteiger partial charge is 0.224 e. The average molecular weight is 251 g/mol. The molecule has 0 radical (unpaired) electrons. The SMILES string of the molecule is CC(N)C(C)C(=O)NCC1CCOCC1.Cl. The van der Waals surface area contributed by atoms with Crippen LogP contribution in [0.4, 0.5) is 0 Å². The highest BCUT2D eigenvalue weighted by Crippen LogP contribution is 2.13. The Morgan fingerprint density at radius 3 is 2.50 bits per heavy atom. The lowest BCUT2D eigenvalue weighted by Gasteiger charge is -2.23. The zero-order valence-corrected chi connectivity index (χ0v) is 10.9. The number of halogens is 1. The summed E-state index contributed by atoms with van der Waals surface area (Å²) in [6, 6.07) is -0.0836. The van der Waals surface area contributed by atoms with Crippen molar-refractivity contribution < 1.29 is 9.53 Å². The third kappa shape index (κ3) is 5.14. The summed E-state index contributed by atoms with van der Waals surface area (Å²) in [6.07, 6.45) is 2.10. The average Bonchev–Trinajstić information content (AvgIpc) is 2.26. The molecule has 0 aromatic rings. The summed E-state index contributed by atoms with van der Waals surface area (Å²) >= 11 is 0. The maximum Gasteiger partial charge on any atom is 0.224 e. The second-order valence-electron chi connectivity index (χ2n) is 4.45. The number of ether oxygens (including phenoxy) is 1. The molecule has 96 valence electrons. The van der Waals surface area contributed by atoms with Gasteiger partial charge in [-0.15, -0.1) is 12.4 Å². The van der Waals surface area contributed by atoms with E-state index in [1.54, 1.807) is 0 Å². The molecule has 0 spiro atoms. The van der Waals surface area contributed by atoms with Gasteiger partial charge in [0, 0.05) is 31.7 Å². The first-order valence-electron chi connectivity index (χ1n) is 5.72. The lowest BCUT2D eigenvalue weighted by molar-refractivity contribution is -0.125. The van der Waals surface area contributed by atoms with Crippen LogP contribution in [-0.2, 0) is 9.53 Å². The highest BCUT2D eigenvalue weighted by molar-refractivity contribution is 5.85. The molecule has 1 heterocycles. The van der Waals surface area contributed by atoms with Gasteiger partial charge in [-0.3, -0.25) is 4.79 Å². The van der Waals surface area contributed by atoms with E-state index in [4.69, 9.17) is 10.5 Å². The lowest BCUT2D eigenvalue weighted by atomic mass is 9.99. The summed E-state index contributed by atoms with van der Waals surface area (Å²) in [4.78, 5) is 11.6. The first kappa shape index (κ1) is 15.7. The summed E-state index contributed by atoms with van der Waals surface area (Å²) < 4.78 is 5.26. The second-order valence-corrected chi connectivity index (χ2v) is 4.45. The quantitative estimate of drug-likeness (QED) is 0.780. The van der Waals surface area contributed by atoms with Gasteiger partial charge in [0.25, 0.3) is 0 Å². The molecule has 1 aliphatic rings. The van der Waals surface area contributed by atoms with E-state index in [2.05, 4.69) is 5.32 Å².